The smallest absolute Gasteiger partial charge is 0.272 e. The number of benzene rings is 1. The van der Waals surface area contributed by atoms with Gasteiger partial charge in [0.1, 0.15) is 0 Å². The molecule has 0 aliphatic heterocycles. The van der Waals surface area contributed by atoms with Crippen molar-refractivity contribution in [3.63, 3.8) is 0 Å². The predicted molar refractivity (Wildman–Crippen MR) is 81.4 cm³/mol. The van der Waals surface area contributed by atoms with Crippen LogP contribution in [0.5, 0.6) is 0 Å². The highest BCUT2D eigenvalue weighted by Gasteiger charge is 2.26. The molecule has 1 N–H and O–H groups in total. The van der Waals surface area contributed by atoms with Crippen molar-refractivity contribution in [3.8, 4) is 0 Å². The van der Waals surface area contributed by atoms with Crippen molar-refractivity contribution in [2.75, 3.05) is 11.1 Å². The summed E-state index contributed by atoms with van der Waals surface area (Å²) in [4.78, 5) is 9.97. The summed E-state index contributed by atoms with van der Waals surface area (Å²) in [7, 11) is -0.830. The van der Waals surface area contributed by atoms with Gasteiger partial charge in [0.05, 0.1) is 16.7 Å². The number of rotatable bonds is 5. The van der Waals surface area contributed by atoms with Crippen LogP contribution in [0, 0.1) is 15.9 Å². The number of nitro groups is 1. The molecule has 1 aromatic carbocycles. The Balaban J connectivity index is 2.04. The topological polar surface area (TPSA) is 72.2 Å². The van der Waals surface area contributed by atoms with Crippen molar-refractivity contribution >= 4 is 22.2 Å². The molecule has 3 unspecified atom stereocenters. The van der Waals surface area contributed by atoms with Crippen molar-refractivity contribution in [1.29, 1.82) is 0 Å². The summed E-state index contributed by atoms with van der Waals surface area (Å²) >= 11 is 0. The van der Waals surface area contributed by atoms with E-state index in [0.29, 0.717) is 5.75 Å². The van der Waals surface area contributed by atoms with Gasteiger partial charge in [-0.2, -0.15) is 0 Å². The van der Waals surface area contributed by atoms with Gasteiger partial charge < -0.3 is 5.32 Å². The third-order valence-electron chi connectivity index (χ3n) is 3.81. The van der Waals surface area contributed by atoms with Crippen LogP contribution in [0.4, 0.5) is 15.8 Å². The maximum Gasteiger partial charge on any atom is 0.272 e. The average molecular weight is 314 g/mol. The van der Waals surface area contributed by atoms with Gasteiger partial charge in [0.15, 0.2) is 5.82 Å². The number of hydrogen-bond donors (Lipinski definition) is 1. The molecule has 1 aliphatic carbocycles. The van der Waals surface area contributed by atoms with Crippen molar-refractivity contribution in [2.45, 2.75) is 43.9 Å². The van der Waals surface area contributed by atoms with Crippen LogP contribution >= 0.6 is 0 Å². The van der Waals surface area contributed by atoms with Crippen LogP contribution in [0.3, 0.4) is 0 Å². The van der Waals surface area contributed by atoms with E-state index < -0.39 is 21.5 Å². The first-order chi connectivity index (χ1) is 10.0. The Kier molecular flexibility index (Phi) is 5.27. The summed E-state index contributed by atoms with van der Waals surface area (Å²) < 4.78 is 25.7. The maximum absolute atomic E-state index is 13.9. The Morgan fingerprint density at radius 2 is 2.24 bits per heavy atom. The highest BCUT2D eigenvalue weighted by atomic mass is 32.2. The molecule has 5 nitrogen and oxygen atoms in total. The molecule has 7 heteroatoms. The number of hydrogen-bond acceptors (Lipinski definition) is 4. The molecule has 1 fully saturated rings. The summed E-state index contributed by atoms with van der Waals surface area (Å²) in [6.45, 7) is 1.91. The van der Waals surface area contributed by atoms with Gasteiger partial charge in [-0.3, -0.25) is 14.3 Å². The van der Waals surface area contributed by atoms with Crippen LogP contribution in [0.25, 0.3) is 0 Å². The van der Waals surface area contributed by atoms with Gasteiger partial charge in [-0.15, -0.1) is 0 Å². The van der Waals surface area contributed by atoms with Crippen LogP contribution in [0.2, 0.25) is 0 Å². The van der Waals surface area contributed by atoms with Crippen LogP contribution in [0.15, 0.2) is 18.2 Å². The lowest BCUT2D eigenvalue weighted by Gasteiger charge is -2.29. The lowest BCUT2D eigenvalue weighted by Crippen LogP contribution is -2.33. The van der Waals surface area contributed by atoms with Crippen LogP contribution in [-0.2, 0) is 10.8 Å². The van der Waals surface area contributed by atoms with E-state index in [1.54, 1.807) is 0 Å². The minimum atomic E-state index is -0.830. The molecule has 0 radical (unpaired) electrons. The van der Waals surface area contributed by atoms with E-state index in [1.807, 2.05) is 6.92 Å². The highest BCUT2D eigenvalue weighted by Crippen LogP contribution is 2.27. The van der Waals surface area contributed by atoms with Crippen molar-refractivity contribution in [2.24, 2.45) is 0 Å². The lowest BCUT2D eigenvalue weighted by atomic mass is 9.94. The van der Waals surface area contributed by atoms with Crippen LogP contribution < -0.4 is 5.32 Å². The zero-order chi connectivity index (χ0) is 15.4. The molecule has 0 heterocycles. The van der Waals surface area contributed by atoms with Gasteiger partial charge in [-0.25, -0.2) is 4.39 Å². The highest BCUT2D eigenvalue weighted by molar-refractivity contribution is 7.85. The van der Waals surface area contributed by atoms with Gasteiger partial charge in [0.25, 0.3) is 5.69 Å². The summed E-state index contributed by atoms with van der Waals surface area (Å²) in [5.41, 5.74) is 0.0141. The first-order valence-corrected chi connectivity index (χ1v) is 8.47. The van der Waals surface area contributed by atoms with E-state index in [0.717, 1.165) is 31.7 Å². The van der Waals surface area contributed by atoms with E-state index in [9.17, 15) is 18.7 Å². The Labute approximate surface area is 125 Å². The predicted octanol–water partition coefficient (Wildman–Crippen LogP) is 3.23. The Hall–Kier alpha value is -1.50. The molecule has 1 saturated carbocycles. The molecule has 0 amide bonds. The second kappa shape index (κ2) is 6.98. The first-order valence-electron chi connectivity index (χ1n) is 7.09. The van der Waals surface area contributed by atoms with Gasteiger partial charge in [-0.05, 0) is 25.3 Å². The Bertz CT molecular complexity index is 553. The number of nitro benzene ring substituents is 1. The molecule has 116 valence electrons. The Morgan fingerprint density at radius 1 is 1.48 bits per heavy atom. The van der Waals surface area contributed by atoms with E-state index in [-0.39, 0.29) is 22.7 Å². The van der Waals surface area contributed by atoms with Crippen molar-refractivity contribution < 1.29 is 13.5 Å². The van der Waals surface area contributed by atoms with Crippen LogP contribution in [-0.4, -0.2) is 26.2 Å². The van der Waals surface area contributed by atoms with E-state index >= 15 is 0 Å². The number of anilines is 1. The fourth-order valence-corrected chi connectivity index (χ4v) is 4.05. The summed E-state index contributed by atoms with van der Waals surface area (Å²) in [5, 5.41) is 13.8. The quantitative estimate of drug-likeness (QED) is 0.669. The fourth-order valence-electron chi connectivity index (χ4n) is 2.71. The first kappa shape index (κ1) is 15.9. The van der Waals surface area contributed by atoms with E-state index in [2.05, 4.69) is 5.32 Å². The van der Waals surface area contributed by atoms with Gasteiger partial charge in [-0.1, -0.05) is 13.3 Å². The van der Waals surface area contributed by atoms with E-state index in [4.69, 9.17) is 0 Å². The minimum absolute atomic E-state index is 0.0650. The largest absolute Gasteiger partial charge is 0.380 e. The molecule has 1 aromatic rings. The van der Waals surface area contributed by atoms with Gasteiger partial charge in [0, 0.05) is 33.9 Å². The number of halogens is 1. The zero-order valence-corrected chi connectivity index (χ0v) is 12.7. The molecule has 0 saturated heterocycles. The van der Waals surface area contributed by atoms with E-state index in [1.165, 1.54) is 12.1 Å². The summed E-state index contributed by atoms with van der Waals surface area (Å²) in [6, 6.07) is 3.67. The fraction of sp³-hybridized carbons (Fsp3) is 0.571. The lowest BCUT2D eigenvalue weighted by molar-refractivity contribution is -0.385. The molecule has 2 rings (SSSR count). The monoisotopic (exact) mass is 314 g/mol. The van der Waals surface area contributed by atoms with Crippen LogP contribution in [0.1, 0.15) is 32.6 Å². The van der Waals surface area contributed by atoms with Gasteiger partial charge >= 0.3 is 0 Å². The SMILES string of the molecule is CCS(=O)C1CCCC(Nc2ccc([N+](=O)[O-])cc2F)C1. The van der Waals surface area contributed by atoms with Gasteiger partial charge in [0.2, 0.25) is 0 Å². The molecular weight excluding hydrogens is 295 g/mol. The number of nitrogens with zero attached hydrogens (tertiary/aromatic N) is 1. The third kappa shape index (κ3) is 4.00. The Morgan fingerprint density at radius 3 is 2.86 bits per heavy atom. The molecule has 1 aliphatic rings. The summed E-state index contributed by atoms with van der Waals surface area (Å²) in [6.07, 6.45) is 3.55. The second-order valence-corrected chi connectivity index (χ2v) is 7.23. The standard InChI is InChI=1S/C14H19FN2O3S/c1-2-21(20)12-5-3-4-10(8-12)16-14-7-6-11(17(18)19)9-13(14)15/h6-7,9-10,12,16H,2-5,8H2,1H3. The molecule has 0 bridgehead atoms. The molecule has 21 heavy (non-hydrogen) atoms. The third-order valence-corrected chi connectivity index (χ3v) is 5.55. The number of non-ortho nitro benzene ring substituents is 1. The molecule has 0 aromatic heterocycles. The molecular formula is C14H19FN2O3S. The zero-order valence-electron chi connectivity index (χ0n) is 11.9. The number of nitrogens with one attached hydrogen (secondary N) is 1. The average Bonchev–Trinajstić information content (AvgIpc) is 2.48. The minimum Gasteiger partial charge on any atom is -0.380 e. The molecule has 0 spiro atoms. The maximum atomic E-state index is 13.9. The van der Waals surface area contributed by atoms with Crippen molar-refractivity contribution in [1.82, 2.24) is 0 Å². The normalized spacial score (nSPS) is 23.5. The van der Waals surface area contributed by atoms with Crippen molar-refractivity contribution in [3.05, 3.63) is 34.1 Å². The summed E-state index contributed by atoms with van der Waals surface area (Å²) in [5.74, 6) is 0.0199. The molecule has 3 atom stereocenters. The second-order valence-electron chi connectivity index (χ2n) is 5.22.